The summed E-state index contributed by atoms with van der Waals surface area (Å²) in [6.07, 6.45) is 8.28. The summed E-state index contributed by atoms with van der Waals surface area (Å²) in [6.45, 7) is 0. The van der Waals surface area contributed by atoms with E-state index in [2.05, 4.69) is 0 Å². The molecule has 3 unspecified atom stereocenters. The molecule has 6 fully saturated rings. The molecule has 7 nitrogen and oxygen atoms in total. The molecule has 7 rings (SSSR count). The molecule has 30 heavy (non-hydrogen) atoms. The third-order valence-electron chi connectivity index (χ3n) is 8.28. The van der Waals surface area contributed by atoms with Crippen LogP contribution in [0.15, 0.2) is 24.3 Å². The quantitative estimate of drug-likeness (QED) is 0.715. The van der Waals surface area contributed by atoms with E-state index in [0.29, 0.717) is 29.4 Å². The Labute approximate surface area is 176 Å². The zero-order valence-electron chi connectivity index (χ0n) is 17.2. The van der Waals surface area contributed by atoms with Gasteiger partial charge in [0.25, 0.3) is 0 Å². The molecule has 1 saturated heterocycles. The highest BCUT2D eigenvalue weighted by Crippen LogP contribution is 2.64. The van der Waals surface area contributed by atoms with Crippen LogP contribution in [0, 0.1) is 17.8 Å². The minimum atomic E-state index is -0.801. The van der Waals surface area contributed by atoms with Gasteiger partial charge in [0.2, 0.25) is 11.6 Å². The molecule has 2 spiro atoms. The first-order valence-corrected chi connectivity index (χ1v) is 11.3. The predicted octanol–water partition coefficient (Wildman–Crippen LogP) is 3.71. The Balaban J connectivity index is 1.21. The molecule has 162 valence electrons. The maximum Gasteiger partial charge on any atom is 0.409 e. The summed E-state index contributed by atoms with van der Waals surface area (Å²) in [5.41, 5.74) is 12.9. The minimum Gasteiger partial charge on any atom is -0.411 e. The van der Waals surface area contributed by atoms with Gasteiger partial charge in [-0.25, -0.2) is 4.79 Å². The molecular formula is C23H30N2O5. The largest absolute Gasteiger partial charge is 0.411 e. The van der Waals surface area contributed by atoms with Crippen molar-refractivity contribution in [3.05, 3.63) is 29.8 Å². The smallest absolute Gasteiger partial charge is 0.409 e. The van der Waals surface area contributed by atoms with E-state index in [4.69, 9.17) is 30.7 Å². The van der Waals surface area contributed by atoms with Crippen LogP contribution in [0.5, 0.6) is 5.75 Å². The van der Waals surface area contributed by atoms with Crippen molar-refractivity contribution in [2.75, 3.05) is 0 Å². The lowest BCUT2D eigenvalue weighted by Gasteiger charge is -2.61. The van der Waals surface area contributed by atoms with Crippen molar-refractivity contribution in [2.24, 2.45) is 29.2 Å². The summed E-state index contributed by atoms with van der Waals surface area (Å²) in [4.78, 5) is 23.2. The van der Waals surface area contributed by atoms with E-state index >= 15 is 0 Å². The lowest BCUT2D eigenvalue weighted by atomic mass is 9.50. The number of carbonyl (C=O) groups is 1. The molecule has 4 N–H and O–H groups in total. The van der Waals surface area contributed by atoms with Crippen LogP contribution in [0.1, 0.15) is 69.3 Å². The summed E-state index contributed by atoms with van der Waals surface area (Å²) in [7, 11) is 0. The Morgan fingerprint density at radius 1 is 1.03 bits per heavy atom. The van der Waals surface area contributed by atoms with Gasteiger partial charge >= 0.3 is 6.09 Å². The second kappa shape index (κ2) is 6.42. The second-order valence-corrected chi connectivity index (χ2v) is 10.4. The summed E-state index contributed by atoms with van der Waals surface area (Å²) in [5.74, 6) is 0.845. The Morgan fingerprint density at radius 3 is 2.43 bits per heavy atom. The van der Waals surface area contributed by atoms with Gasteiger partial charge in [-0.05, 0) is 74.5 Å². The molecule has 4 bridgehead atoms. The highest BCUT2D eigenvalue weighted by atomic mass is 17.3. The van der Waals surface area contributed by atoms with Crippen molar-refractivity contribution < 1.29 is 24.0 Å². The maximum absolute atomic E-state index is 10.9. The summed E-state index contributed by atoms with van der Waals surface area (Å²) >= 11 is 0. The molecule has 1 aromatic rings. The van der Waals surface area contributed by atoms with Gasteiger partial charge in [-0.2, -0.15) is 9.78 Å². The third kappa shape index (κ3) is 2.90. The van der Waals surface area contributed by atoms with Crippen molar-refractivity contribution in [3.63, 3.8) is 0 Å². The first-order valence-electron chi connectivity index (χ1n) is 11.3. The van der Waals surface area contributed by atoms with Crippen molar-refractivity contribution >= 4 is 6.09 Å². The van der Waals surface area contributed by atoms with E-state index in [-0.39, 0.29) is 5.54 Å². The van der Waals surface area contributed by atoms with Crippen molar-refractivity contribution in [3.8, 4) is 5.75 Å². The normalized spacial score (nSPS) is 46.6. The fourth-order valence-corrected chi connectivity index (χ4v) is 7.33. The fraction of sp³-hybridized carbons (Fsp3) is 0.696. The Bertz CT molecular complexity index is 842. The lowest BCUT2D eigenvalue weighted by molar-refractivity contribution is -0.391. The van der Waals surface area contributed by atoms with Crippen molar-refractivity contribution in [1.82, 2.24) is 0 Å². The molecule has 1 aromatic carbocycles. The predicted molar refractivity (Wildman–Crippen MR) is 107 cm³/mol. The third-order valence-corrected chi connectivity index (χ3v) is 8.28. The zero-order chi connectivity index (χ0) is 20.6. The Morgan fingerprint density at radius 2 is 1.77 bits per heavy atom. The van der Waals surface area contributed by atoms with Gasteiger partial charge in [-0.3, -0.25) is 0 Å². The number of amides is 1. The monoisotopic (exact) mass is 414 g/mol. The molecule has 0 aromatic heterocycles. The van der Waals surface area contributed by atoms with Crippen LogP contribution in [-0.2, 0) is 14.5 Å². The molecule has 1 aliphatic heterocycles. The number of carbonyl (C=O) groups excluding carboxylic acids is 1. The van der Waals surface area contributed by atoms with E-state index in [9.17, 15) is 4.79 Å². The van der Waals surface area contributed by atoms with Gasteiger partial charge in [0.1, 0.15) is 5.75 Å². The lowest BCUT2D eigenvalue weighted by Crippen LogP contribution is -2.67. The molecule has 5 aliphatic carbocycles. The number of nitrogens with two attached hydrogens (primary N) is 2. The maximum atomic E-state index is 10.9. The van der Waals surface area contributed by atoms with E-state index in [0.717, 1.165) is 57.8 Å². The first kappa shape index (κ1) is 19.0. The zero-order valence-corrected chi connectivity index (χ0v) is 17.2. The van der Waals surface area contributed by atoms with Gasteiger partial charge in [0.05, 0.1) is 0 Å². The first-order chi connectivity index (χ1) is 14.4. The number of hydrogen-bond acceptors (Lipinski definition) is 6. The highest BCUT2D eigenvalue weighted by molar-refractivity contribution is 5.68. The van der Waals surface area contributed by atoms with Gasteiger partial charge in [0, 0.05) is 30.2 Å². The van der Waals surface area contributed by atoms with E-state index in [1.807, 2.05) is 12.1 Å². The molecule has 7 heteroatoms. The van der Waals surface area contributed by atoms with Crippen molar-refractivity contribution in [2.45, 2.75) is 80.8 Å². The molecule has 4 atom stereocenters. The Kier molecular flexibility index (Phi) is 4.08. The number of ether oxygens (including phenoxy) is 2. The van der Waals surface area contributed by atoms with Gasteiger partial charge in [0.15, 0.2) is 0 Å². The number of benzene rings is 1. The van der Waals surface area contributed by atoms with Crippen LogP contribution in [0.3, 0.4) is 0 Å². The van der Waals surface area contributed by atoms with Crippen LogP contribution in [0.2, 0.25) is 0 Å². The van der Waals surface area contributed by atoms with Crippen LogP contribution in [0.4, 0.5) is 4.79 Å². The van der Waals surface area contributed by atoms with E-state index in [1.54, 1.807) is 12.1 Å². The highest BCUT2D eigenvalue weighted by Gasteiger charge is 2.69. The standard InChI is InChI=1S/C23H30N2O5/c24-20(26)27-19-5-3-15(4-6-19)16-2-1-7-22(11-16)28-23(30-29-22)17-8-14-9-18(23)13-21(25,10-14)12-17/h3-6,14,16-18H,1-2,7-13,25H2,(H2,24,26)/t14?,16?,17?,18?,21?,22-,23?/m1/s1. The average molecular weight is 415 g/mol. The summed E-state index contributed by atoms with van der Waals surface area (Å²) in [5, 5.41) is 0. The minimum absolute atomic E-state index is 0.0337. The van der Waals surface area contributed by atoms with Crippen molar-refractivity contribution in [1.29, 1.82) is 0 Å². The molecule has 1 amide bonds. The topological polar surface area (TPSA) is 106 Å². The Hall–Kier alpha value is -1.67. The van der Waals surface area contributed by atoms with Crippen LogP contribution in [-0.4, -0.2) is 23.2 Å². The average Bonchev–Trinajstić information content (AvgIpc) is 3.05. The number of rotatable bonds is 2. The molecular weight excluding hydrogens is 384 g/mol. The molecule has 6 aliphatic rings. The summed E-state index contributed by atoms with van der Waals surface area (Å²) in [6, 6.07) is 7.56. The van der Waals surface area contributed by atoms with Gasteiger partial charge in [-0.1, -0.05) is 12.1 Å². The number of primary amides is 1. The summed E-state index contributed by atoms with van der Waals surface area (Å²) < 4.78 is 11.8. The number of hydrogen-bond donors (Lipinski definition) is 2. The SMILES string of the molecule is NC(=O)Oc1ccc(C2CCC[C@]3(C2)OOC2(O3)C3CC4CC2CC(N)(C4)C3)cc1. The van der Waals surface area contributed by atoms with E-state index < -0.39 is 17.7 Å². The van der Waals surface area contributed by atoms with Crippen LogP contribution >= 0.6 is 0 Å². The van der Waals surface area contributed by atoms with Crippen LogP contribution in [0.25, 0.3) is 0 Å². The molecule has 1 heterocycles. The van der Waals surface area contributed by atoms with Gasteiger partial charge < -0.3 is 20.9 Å². The fourth-order valence-electron chi connectivity index (χ4n) is 7.33. The molecule has 0 radical (unpaired) electrons. The second-order valence-electron chi connectivity index (χ2n) is 10.4. The molecule has 5 saturated carbocycles. The van der Waals surface area contributed by atoms with Gasteiger partial charge in [-0.15, -0.1) is 0 Å². The van der Waals surface area contributed by atoms with Crippen LogP contribution < -0.4 is 16.2 Å². The van der Waals surface area contributed by atoms with E-state index in [1.165, 1.54) is 5.56 Å².